The molecule has 0 aromatic heterocycles. The van der Waals surface area contributed by atoms with E-state index in [1.54, 1.807) is 0 Å². The molecule has 0 spiro atoms. The summed E-state index contributed by atoms with van der Waals surface area (Å²) in [4.78, 5) is 13.5. The summed E-state index contributed by atoms with van der Waals surface area (Å²) < 4.78 is 4.55. The molecule has 5 heteroatoms. The molecule has 0 amide bonds. The largest absolute Gasteiger partial charge is 0.438 e. The minimum absolute atomic E-state index is 0. The molecule has 1 N–H and O–H groups in total. The first kappa shape index (κ1) is 13.7. The molecule has 0 radical (unpaired) electrons. The van der Waals surface area contributed by atoms with Crippen LogP contribution < -0.4 is 0 Å². The third kappa shape index (κ3) is 3.82. The highest BCUT2D eigenvalue weighted by Crippen LogP contribution is 2.17. The summed E-state index contributed by atoms with van der Waals surface area (Å²) >= 11 is 0. The third-order valence-electron chi connectivity index (χ3n) is 2.57. The Labute approximate surface area is 90.6 Å². The Bertz CT molecular complexity index is 169. The molecule has 1 heterocycles. The van der Waals surface area contributed by atoms with E-state index >= 15 is 0 Å². The van der Waals surface area contributed by atoms with E-state index in [2.05, 4.69) is 16.6 Å². The highest BCUT2D eigenvalue weighted by molar-refractivity contribution is 5.85. The van der Waals surface area contributed by atoms with E-state index in [0.717, 1.165) is 32.5 Å². The van der Waals surface area contributed by atoms with Crippen molar-refractivity contribution in [1.29, 1.82) is 0 Å². The van der Waals surface area contributed by atoms with Gasteiger partial charge in [0.1, 0.15) is 0 Å². The standard InChI is InChI=1S/C9H17NO3.ClH/c1-2-10-5-3-8(4-6-10)9(12)13-7-11;/h8,11H,2-7H2,1H3;1H. The molecule has 14 heavy (non-hydrogen) atoms. The van der Waals surface area contributed by atoms with E-state index in [-0.39, 0.29) is 24.3 Å². The maximum absolute atomic E-state index is 11.2. The van der Waals surface area contributed by atoms with Gasteiger partial charge in [-0.05, 0) is 32.5 Å². The second-order valence-corrected chi connectivity index (χ2v) is 3.30. The first-order valence-corrected chi connectivity index (χ1v) is 4.77. The Morgan fingerprint density at radius 2 is 2.07 bits per heavy atom. The van der Waals surface area contributed by atoms with Gasteiger partial charge in [-0.2, -0.15) is 0 Å². The number of likely N-dealkylation sites (tertiary alicyclic amines) is 1. The zero-order chi connectivity index (χ0) is 9.68. The highest BCUT2D eigenvalue weighted by atomic mass is 35.5. The van der Waals surface area contributed by atoms with Crippen LogP contribution in [-0.2, 0) is 9.53 Å². The summed E-state index contributed by atoms with van der Waals surface area (Å²) in [7, 11) is 0. The van der Waals surface area contributed by atoms with Crippen molar-refractivity contribution in [3.63, 3.8) is 0 Å². The topological polar surface area (TPSA) is 49.8 Å². The van der Waals surface area contributed by atoms with Gasteiger partial charge >= 0.3 is 5.97 Å². The fourth-order valence-corrected chi connectivity index (χ4v) is 1.67. The summed E-state index contributed by atoms with van der Waals surface area (Å²) in [5.74, 6) is -0.256. The monoisotopic (exact) mass is 223 g/mol. The predicted molar refractivity (Wildman–Crippen MR) is 55.3 cm³/mol. The number of carbonyl (C=O) groups is 1. The van der Waals surface area contributed by atoms with Gasteiger partial charge in [0, 0.05) is 0 Å². The lowest BCUT2D eigenvalue weighted by molar-refractivity contribution is -0.158. The maximum Gasteiger partial charge on any atom is 0.311 e. The Hall–Kier alpha value is -0.320. The van der Waals surface area contributed by atoms with Gasteiger partial charge in [-0.3, -0.25) is 4.79 Å². The number of ether oxygens (including phenoxy) is 1. The van der Waals surface area contributed by atoms with Crippen molar-refractivity contribution in [3.05, 3.63) is 0 Å². The first-order chi connectivity index (χ1) is 6.27. The Morgan fingerprint density at radius 1 is 1.50 bits per heavy atom. The number of esters is 1. The Balaban J connectivity index is 0.00000169. The van der Waals surface area contributed by atoms with Gasteiger partial charge in [0.05, 0.1) is 5.92 Å². The number of rotatable bonds is 3. The molecular formula is C9H18ClNO3. The number of piperidine rings is 1. The van der Waals surface area contributed by atoms with E-state index < -0.39 is 6.79 Å². The molecule has 0 unspecified atom stereocenters. The van der Waals surface area contributed by atoms with E-state index in [9.17, 15) is 4.79 Å². The molecule has 0 aromatic rings. The first-order valence-electron chi connectivity index (χ1n) is 4.77. The number of carbonyl (C=O) groups excluding carboxylic acids is 1. The van der Waals surface area contributed by atoms with Crippen molar-refractivity contribution in [2.45, 2.75) is 19.8 Å². The summed E-state index contributed by atoms with van der Waals surface area (Å²) in [6.45, 7) is 4.59. The summed E-state index contributed by atoms with van der Waals surface area (Å²) in [6.07, 6.45) is 1.71. The number of halogens is 1. The van der Waals surface area contributed by atoms with Crippen LogP contribution in [0.4, 0.5) is 0 Å². The summed E-state index contributed by atoms with van der Waals surface area (Å²) in [5.41, 5.74) is 0. The molecule has 1 rings (SSSR count). The van der Waals surface area contributed by atoms with Gasteiger partial charge in [-0.25, -0.2) is 0 Å². The van der Waals surface area contributed by atoms with Crippen LogP contribution in [0.5, 0.6) is 0 Å². The van der Waals surface area contributed by atoms with Crippen LogP contribution >= 0.6 is 12.4 Å². The minimum atomic E-state index is -0.493. The Kier molecular flexibility index (Phi) is 6.87. The molecule has 4 nitrogen and oxygen atoms in total. The minimum Gasteiger partial charge on any atom is -0.438 e. The van der Waals surface area contributed by atoms with Gasteiger partial charge in [0.15, 0.2) is 6.79 Å². The number of aliphatic hydroxyl groups excluding tert-OH is 1. The zero-order valence-corrected chi connectivity index (χ0v) is 9.26. The lowest BCUT2D eigenvalue weighted by Crippen LogP contribution is -2.36. The number of hydrogen-bond acceptors (Lipinski definition) is 4. The van der Waals surface area contributed by atoms with Gasteiger partial charge in [0.2, 0.25) is 0 Å². The molecular weight excluding hydrogens is 206 g/mol. The lowest BCUT2D eigenvalue weighted by Gasteiger charge is -2.29. The van der Waals surface area contributed by atoms with E-state index in [1.807, 2.05) is 0 Å². The van der Waals surface area contributed by atoms with Crippen molar-refractivity contribution in [1.82, 2.24) is 4.90 Å². The van der Waals surface area contributed by atoms with E-state index in [1.165, 1.54) is 0 Å². The number of aliphatic hydroxyl groups is 1. The molecule has 0 aliphatic carbocycles. The molecule has 0 atom stereocenters. The van der Waals surface area contributed by atoms with Crippen LogP contribution in [0.25, 0.3) is 0 Å². The van der Waals surface area contributed by atoms with Crippen molar-refractivity contribution < 1.29 is 14.6 Å². The van der Waals surface area contributed by atoms with E-state index in [4.69, 9.17) is 5.11 Å². The molecule has 1 aliphatic heterocycles. The average Bonchev–Trinajstić information content (AvgIpc) is 2.18. The van der Waals surface area contributed by atoms with Crippen LogP contribution in [0.2, 0.25) is 0 Å². The third-order valence-corrected chi connectivity index (χ3v) is 2.57. The second-order valence-electron chi connectivity index (χ2n) is 3.30. The van der Waals surface area contributed by atoms with Gasteiger partial charge in [-0.1, -0.05) is 6.92 Å². The normalized spacial score (nSPS) is 18.7. The molecule has 0 bridgehead atoms. The van der Waals surface area contributed by atoms with Crippen molar-refractivity contribution in [2.75, 3.05) is 26.4 Å². The maximum atomic E-state index is 11.2. The van der Waals surface area contributed by atoms with Crippen LogP contribution in [-0.4, -0.2) is 42.4 Å². The van der Waals surface area contributed by atoms with Crippen molar-refractivity contribution in [3.8, 4) is 0 Å². The molecule has 1 saturated heterocycles. The SMILES string of the molecule is CCN1CCC(C(=O)OCO)CC1.Cl. The van der Waals surface area contributed by atoms with Gasteiger partial charge < -0.3 is 14.7 Å². The zero-order valence-electron chi connectivity index (χ0n) is 8.44. The number of nitrogens with zero attached hydrogens (tertiary/aromatic N) is 1. The van der Waals surface area contributed by atoms with Crippen LogP contribution in [0.15, 0.2) is 0 Å². The Morgan fingerprint density at radius 3 is 2.50 bits per heavy atom. The summed E-state index contributed by atoms with van der Waals surface area (Å²) in [5, 5.41) is 8.41. The fourth-order valence-electron chi connectivity index (χ4n) is 1.67. The highest BCUT2D eigenvalue weighted by Gasteiger charge is 2.24. The van der Waals surface area contributed by atoms with Gasteiger partial charge in [0.25, 0.3) is 0 Å². The second kappa shape index (κ2) is 7.04. The van der Waals surface area contributed by atoms with Crippen molar-refractivity contribution in [2.24, 2.45) is 5.92 Å². The molecule has 0 aromatic carbocycles. The molecule has 84 valence electrons. The van der Waals surface area contributed by atoms with E-state index in [0.29, 0.717) is 0 Å². The number of hydrogen-bond donors (Lipinski definition) is 1. The summed E-state index contributed by atoms with van der Waals surface area (Å²) in [6, 6.07) is 0. The lowest BCUT2D eigenvalue weighted by atomic mass is 9.97. The fraction of sp³-hybridized carbons (Fsp3) is 0.889. The smallest absolute Gasteiger partial charge is 0.311 e. The predicted octanol–water partition coefficient (Wildman–Crippen LogP) is 0.633. The molecule has 1 aliphatic rings. The molecule has 0 saturated carbocycles. The van der Waals surface area contributed by atoms with Gasteiger partial charge in [-0.15, -0.1) is 12.4 Å². The van der Waals surface area contributed by atoms with Crippen LogP contribution in [0, 0.1) is 5.92 Å². The average molecular weight is 224 g/mol. The van der Waals surface area contributed by atoms with Crippen molar-refractivity contribution >= 4 is 18.4 Å². The quantitative estimate of drug-likeness (QED) is 0.564. The van der Waals surface area contributed by atoms with Crippen LogP contribution in [0.3, 0.4) is 0 Å². The van der Waals surface area contributed by atoms with Crippen LogP contribution in [0.1, 0.15) is 19.8 Å². The molecule has 1 fully saturated rings.